The maximum Gasteiger partial charge on any atom is 0.416 e. The minimum atomic E-state index is -4.44. The second-order valence-corrected chi connectivity index (χ2v) is 5.86. The van der Waals surface area contributed by atoms with Gasteiger partial charge in [0.25, 0.3) is 0 Å². The quantitative estimate of drug-likeness (QED) is 0.431. The van der Waals surface area contributed by atoms with Crippen LogP contribution in [0.4, 0.5) is 13.2 Å². The van der Waals surface area contributed by atoms with E-state index in [0.717, 1.165) is 41.0 Å². The van der Waals surface area contributed by atoms with Crippen LogP contribution in [0.5, 0.6) is 5.75 Å². The first-order valence-corrected chi connectivity index (χ1v) is 7.89. The number of hydrogen-bond acceptors (Lipinski definition) is 2. The SMILES string of the molecule is Cc1ccc(-c2ccc(OC(=O)c3ccc(C(F)(F)F)cc3)cc2)cc1. The van der Waals surface area contributed by atoms with Crippen LogP contribution in [0.25, 0.3) is 11.1 Å². The van der Waals surface area contributed by atoms with Crippen molar-refractivity contribution in [3.05, 3.63) is 89.5 Å². The molecule has 0 fully saturated rings. The van der Waals surface area contributed by atoms with Gasteiger partial charge >= 0.3 is 12.1 Å². The van der Waals surface area contributed by atoms with Gasteiger partial charge < -0.3 is 4.74 Å². The van der Waals surface area contributed by atoms with Crippen LogP contribution < -0.4 is 4.74 Å². The minimum Gasteiger partial charge on any atom is -0.423 e. The van der Waals surface area contributed by atoms with Gasteiger partial charge in [0.15, 0.2) is 0 Å². The molecule has 0 atom stereocenters. The molecular weight excluding hydrogens is 341 g/mol. The van der Waals surface area contributed by atoms with Crippen LogP contribution in [0.2, 0.25) is 0 Å². The van der Waals surface area contributed by atoms with Crippen molar-refractivity contribution < 1.29 is 22.7 Å². The lowest BCUT2D eigenvalue weighted by molar-refractivity contribution is -0.137. The van der Waals surface area contributed by atoms with E-state index >= 15 is 0 Å². The van der Waals surface area contributed by atoms with Crippen molar-refractivity contribution in [2.45, 2.75) is 13.1 Å². The van der Waals surface area contributed by atoms with Crippen molar-refractivity contribution in [1.29, 1.82) is 0 Å². The molecule has 0 bridgehead atoms. The predicted octanol–water partition coefficient (Wildman–Crippen LogP) is 5.90. The maximum atomic E-state index is 12.6. The zero-order valence-corrected chi connectivity index (χ0v) is 13.9. The average Bonchev–Trinajstić information content (AvgIpc) is 2.62. The molecule has 3 aromatic carbocycles. The molecule has 0 spiro atoms. The minimum absolute atomic E-state index is 0.0561. The normalized spacial score (nSPS) is 11.2. The van der Waals surface area contributed by atoms with Crippen LogP contribution in [0.3, 0.4) is 0 Å². The van der Waals surface area contributed by atoms with Crippen LogP contribution >= 0.6 is 0 Å². The first-order chi connectivity index (χ1) is 12.3. The number of ether oxygens (including phenoxy) is 1. The third-order valence-corrected chi connectivity index (χ3v) is 3.90. The summed E-state index contributed by atoms with van der Waals surface area (Å²) in [5.41, 5.74) is 2.42. The number of alkyl halides is 3. The number of rotatable bonds is 3. The van der Waals surface area contributed by atoms with Gasteiger partial charge in [-0.3, -0.25) is 0 Å². The lowest BCUT2D eigenvalue weighted by Crippen LogP contribution is -2.10. The highest BCUT2D eigenvalue weighted by atomic mass is 19.4. The summed E-state index contributed by atoms with van der Waals surface area (Å²) in [5.74, 6) is -0.382. The van der Waals surface area contributed by atoms with E-state index in [1.807, 2.05) is 43.3 Å². The molecule has 3 rings (SSSR count). The number of hydrogen-bond donors (Lipinski definition) is 0. The topological polar surface area (TPSA) is 26.3 Å². The third-order valence-electron chi connectivity index (χ3n) is 3.90. The van der Waals surface area contributed by atoms with E-state index in [1.54, 1.807) is 12.1 Å². The number of halogens is 3. The first-order valence-electron chi connectivity index (χ1n) is 7.89. The summed E-state index contributed by atoms with van der Waals surface area (Å²) in [7, 11) is 0. The number of carbonyl (C=O) groups excluding carboxylic acids is 1. The fourth-order valence-corrected chi connectivity index (χ4v) is 2.42. The third kappa shape index (κ3) is 4.11. The molecule has 5 heteroatoms. The summed E-state index contributed by atoms with van der Waals surface area (Å²) in [6.45, 7) is 2.01. The van der Waals surface area contributed by atoms with Crippen LogP contribution in [0.1, 0.15) is 21.5 Å². The molecule has 3 aromatic rings. The van der Waals surface area contributed by atoms with Crippen LogP contribution in [0, 0.1) is 6.92 Å². The van der Waals surface area contributed by atoms with E-state index < -0.39 is 17.7 Å². The van der Waals surface area contributed by atoms with Crippen molar-refractivity contribution >= 4 is 5.97 Å². The number of esters is 1. The largest absolute Gasteiger partial charge is 0.423 e. The zero-order chi connectivity index (χ0) is 18.7. The van der Waals surface area contributed by atoms with Gasteiger partial charge in [-0.05, 0) is 54.4 Å². The van der Waals surface area contributed by atoms with E-state index in [1.165, 1.54) is 0 Å². The summed E-state index contributed by atoms with van der Waals surface area (Å²) in [4.78, 5) is 12.1. The Morgan fingerprint density at radius 1 is 0.769 bits per heavy atom. The smallest absolute Gasteiger partial charge is 0.416 e. The van der Waals surface area contributed by atoms with Gasteiger partial charge in [0.1, 0.15) is 5.75 Å². The van der Waals surface area contributed by atoms with Crippen LogP contribution in [0.15, 0.2) is 72.8 Å². The van der Waals surface area contributed by atoms with Gasteiger partial charge in [0.2, 0.25) is 0 Å². The van der Waals surface area contributed by atoms with Gasteiger partial charge in [-0.2, -0.15) is 13.2 Å². The summed E-state index contributed by atoms with van der Waals surface area (Å²) < 4.78 is 42.9. The second-order valence-electron chi connectivity index (χ2n) is 5.86. The van der Waals surface area contributed by atoms with Crippen molar-refractivity contribution in [3.63, 3.8) is 0 Å². The van der Waals surface area contributed by atoms with Crippen molar-refractivity contribution in [1.82, 2.24) is 0 Å². The monoisotopic (exact) mass is 356 g/mol. The van der Waals surface area contributed by atoms with Crippen molar-refractivity contribution in [3.8, 4) is 16.9 Å². The summed E-state index contributed by atoms with van der Waals surface area (Å²) in [6, 6.07) is 18.9. The molecule has 0 aliphatic carbocycles. The molecule has 0 aliphatic rings. The van der Waals surface area contributed by atoms with E-state index in [2.05, 4.69) is 0 Å². The lowest BCUT2D eigenvalue weighted by atomic mass is 10.0. The Morgan fingerprint density at radius 2 is 1.27 bits per heavy atom. The Bertz CT molecular complexity index is 894. The Hall–Kier alpha value is -3.08. The van der Waals surface area contributed by atoms with E-state index in [0.29, 0.717) is 5.75 Å². The predicted molar refractivity (Wildman–Crippen MR) is 93.0 cm³/mol. The Morgan fingerprint density at radius 3 is 1.77 bits per heavy atom. The molecule has 0 unspecified atom stereocenters. The number of benzene rings is 3. The second kappa shape index (κ2) is 7.04. The van der Waals surface area contributed by atoms with Gasteiger partial charge in [0, 0.05) is 0 Å². The molecule has 132 valence electrons. The Labute approximate surface area is 148 Å². The fraction of sp³-hybridized carbons (Fsp3) is 0.0952. The van der Waals surface area contributed by atoms with E-state index in [9.17, 15) is 18.0 Å². The molecule has 26 heavy (non-hydrogen) atoms. The lowest BCUT2D eigenvalue weighted by Gasteiger charge is -2.08. The number of aryl methyl sites for hydroxylation is 1. The molecule has 0 aliphatic heterocycles. The summed E-state index contributed by atoms with van der Waals surface area (Å²) in [6.07, 6.45) is -4.44. The molecule has 0 saturated heterocycles. The molecule has 0 heterocycles. The van der Waals surface area contributed by atoms with Crippen LogP contribution in [-0.4, -0.2) is 5.97 Å². The van der Waals surface area contributed by atoms with E-state index in [4.69, 9.17) is 4.74 Å². The average molecular weight is 356 g/mol. The molecule has 0 aromatic heterocycles. The first kappa shape index (κ1) is 17.7. The molecule has 0 N–H and O–H groups in total. The van der Waals surface area contributed by atoms with Crippen molar-refractivity contribution in [2.24, 2.45) is 0 Å². The molecule has 2 nitrogen and oxygen atoms in total. The van der Waals surface area contributed by atoms with Gasteiger partial charge in [0.05, 0.1) is 11.1 Å². The maximum absolute atomic E-state index is 12.6. The molecule has 0 saturated carbocycles. The highest BCUT2D eigenvalue weighted by Gasteiger charge is 2.30. The zero-order valence-electron chi connectivity index (χ0n) is 13.9. The standard InChI is InChI=1S/C21H15F3O2/c1-14-2-4-15(5-3-14)16-8-12-19(13-9-16)26-20(25)17-6-10-18(11-7-17)21(22,23)24/h2-13H,1H3. The fourth-order valence-electron chi connectivity index (χ4n) is 2.42. The van der Waals surface area contributed by atoms with Crippen LogP contribution in [-0.2, 0) is 6.18 Å². The molecule has 0 radical (unpaired) electrons. The number of carbonyl (C=O) groups is 1. The summed E-state index contributed by atoms with van der Waals surface area (Å²) >= 11 is 0. The Kier molecular flexibility index (Phi) is 4.80. The Balaban J connectivity index is 1.70. The van der Waals surface area contributed by atoms with Crippen molar-refractivity contribution in [2.75, 3.05) is 0 Å². The highest BCUT2D eigenvalue weighted by molar-refractivity contribution is 5.91. The van der Waals surface area contributed by atoms with E-state index in [-0.39, 0.29) is 5.56 Å². The van der Waals surface area contributed by atoms with Gasteiger partial charge in [-0.25, -0.2) is 4.79 Å². The molecular formula is C21H15F3O2. The highest BCUT2D eigenvalue weighted by Crippen LogP contribution is 2.29. The van der Waals surface area contributed by atoms with Gasteiger partial charge in [-0.15, -0.1) is 0 Å². The molecule has 0 amide bonds. The summed E-state index contributed by atoms with van der Waals surface area (Å²) in [5, 5.41) is 0. The van der Waals surface area contributed by atoms with Gasteiger partial charge in [-0.1, -0.05) is 42.0 Å².